The van der Waals surface area contributed by atoms with Gasteiger partial charge in [0.2, 0.25) is 0 Å². The molecule has 0 saturated carbocycles. The van der Waals surface area contributed by atoms with Crippen LogP contribution in [0.4, 0.5) is 8.78 Å². The van der Waals surface area contributed by atoms with E-state index in [0.29, 0.717) is 12.4 Å². The smallest absolute Gasteiger partial charge is 0.310 e. The summed E-state index contributed by atoms with van der Waals surface area (Å²) in [4.78, 5) is 3.86. The van der Waals surface area contributed by atoms with E-state index in [2.05, 4.69) is 17.2 Å². The van der Waals surface area contributed by atoms with E-state index in [0.717, 1.165) is 24.0 Å². The van der Waals surface area contributed by atoms with Crippen LogP contribution >= 0.6 is 0 Å². The summed E-state index contributed by atoms with van der Waals surface area (Å²) >= 11 is 0. The lowest BCUT2D eigenvalue weighted by molar-refractivity contribution is 0.0666. The van der Waals surface area contributed by atoms with E-state index in [9.17, 15) is 8.78 Å². The highest BCUT2D eigenvalue weighted by molar-refractivity contribution is 4.92. The van der Waals surface area contributed by atoms with Crippen LogP contribution in [0.3, 0.4) is 0 Å². The normalized spacial score (nSPS) is 11.1. The van der Waals surface area contributed by atoms with Crippen LogP contribution in [0.5, 0.6) is 0 Å². The van der Waals surface area contributed by atoms with Crippen molar-refractivity contribution in [2.75, 3.05) is 6.54 Å². The molecule has 3 nitrogen and oxygen atoms in total. The van der Waals surface area contributed by atoms with E-state index in [1.165, 1.54) is 12.4 Å². The van der Waals surface area contributed by atoms with Gasteiger partial charge in [-0.15, -0.1) is 0 Å². The number of rotatable bonds is 6. The van der Waals surface area contributed by atoms with Crippen molar-refractivity contribution in [3.8, 4) is 0 Å². The fourth-order valence-electron chi connectivity index (χ4n) is 1.16. The van der Waals surface area contributed by atoms with Gasteiger partial charge in [-0.2, -0.15) is 8.78 Å². The number of nitrogens with zero attached hydrogens (tertiary/aromatic N) is 2. The summed E-state index contributed by atoms with van der Waals surface area (Å²) in [6, 6.07) is 0. The minimum Gasteiger partial charge on any atom is -0.310 e. The van der Waals surface area contributed by atoms with Gasteiger partial charge in [-0.3, -0.25) is 4.57 Å². The van der Waals surface area contributed by atoms with E-state index in [-0.39, 0.29) is 0 Å². The van der Waals surface area contributed by atoms with Crippen LogP contribution < -0.4 is 5.32 Å². The maximum absolute atomic E-state index is 12.3. The highest BCUT2D eigenvalue weighted by atomic mass is 19.3. The van der Waals surface area contributed by atoms with Crippen LogP contribution in [0.1, 0.15) is 32.1 Å². The lowest BCUT2D eigenvalue weighted by Crippen LogP contribution is -2.18. The van der Waals surface area contributed by atoms with Crippen molar-refractivity contribution >= 4 is 0 Å². The average molecular weight is 203 g/mol. The number of hydrogen-bond acceptors (Lipinski definition) is 2. The molecule has 80 valence electrons. The Balaban J connectivity index is 2.38. The highest BCUT2D eigenvalue weighted by Crippen LogP contribution is 2.11. The molecule has 0 saturated heterocycles. The summed E-state index contributed by atoms with van der Waals surface area (Å²) in [6.45, 7) is 0.826. The maximum atomic E-state index is 12.3. The Kier molecular flexibility index (Phi) is 4.52. The predicted octanol–water partition coefficient (Wildman–Crippen LogP) is 2.17. The largest absolute Gasteiger partial charge is 0.319 e. The number of alkyl halides is 2. The Morgan fingerprint density at radius 3 is 3.00 bits per heavy atom. The number of aromatic nitrogens is 2. The summed E-state index contributed by atoms with van der Waals surface area (Å²) in [6.07, 6.45) is 4.83. The number of unbranched alkanes of at least 4 members (excludes halogenated alkanes) is 1. The van der Waals surface area contributed by atoms with Gasteiger partial charge in [0.25, 0.3) is 0 Å². The predicted molar refractivity (Wildman–Crippen MR) is 50.1 cm³/mol. The van der Waals surface area contributed by atoms with E-state index in [1.807, 2.05) is 0 Å². The molecular weight excluding hydrogens is 188 g/mol. The lowest BCUT2D eigenvalue weighted by atomic mass is 10.3. The van der Waals surface area contributed by atoms with Crippen molar-refractivity contribution in [2.45, 2.75) is 32.9 Å². The number of nitrogens with one attached hydrogen (secondary N) is 1. The van der Waals surface area contributed by atoms with E-state index < -0.39 is 6.55 Å². The van der Waals surface area contributed by atoms with Crippen LogP contribution in [0.15, 0.2) is 12.4 Å². The van der Waals surface area contributed by atoms with E-state index in [1.54, 1.807) is 0 Å². The molecule has 1 heterocycles. The van der Waals surface area contributed by atoms with Crippen molar-refractivity contribution < 1.29 is 8.78 Å². The van der Waals surface area contributed by atoms with Gasteiger partial charge in [0, 0.05) is 12.4 Å². The molecule has 0 amide bonds. The van der Waals surface area contributed by atoms with Gasteiger partial charge in [-0.1, -0.05) is 13.3 Å². The zero-order chi connectivity index (χ0) is 10.4. The Hall–Kier alpha value is -0.970. The van der Waals surface area contributed by atoms with Crippen LogP contribution in [0, 0.1) is 0 Å². The fourth-order valence-corrected chi connectivity index (χ4v) is 1.16. The summed E-state index contributed by atoms with van der Waals surface area (Å²) in [5.41, 5.74) is 0. The second-order valence-corrected chi connectivity index (χ2v) is 3.06. The summed E-state index contributed by atoms with van der Waals surface area (Å²) in [5.74, 6) is 0.385. The van der Waals surface area contributed by atoms with Crippen LogP contribution in [0.2, 0.25) is 0 Å². The van der Waals surface area contributed by atoms with Gasteiger partial charge >= 0.3 is 6.55 Å². The molecule has 1 rings (SSSR count). The lowest BCUT2D eigenvalue weighted by Gasteiger charge is -2.06. The molecule has 1 aromatic rings. The molecule has 5 heteroatoms. The van der Waals surface area contributed by atoms with Gasteiger partial charge in [0.1, 0.15) is 5.82 Å². The van der Waals surface area contributed by atoms with Crippen LogP contribution in [-0.4, -0.2) is 16.1 Å². The van der Waals surface area contributed by atoms with Crippen molar-refractivity contribution in [1.82, 2.24) is 14.9 Å². The molecule has 0 unspecified atom stereocenters. The first-order valence-corrected chi connectivity index (χ1v) is 4.76. The molecule has 0 radical (unpaired) electrons. The summed E-state index contributed by atoms with van der Waals surface area (Å²) in [5, 5.41) is 3.07. The van der Waals surface area contributed by atoms with Crippen molar-refractivity contribution in [3.63, 3.8) is 0 Å². The third-order valence-corrected chi connectivity index (χ3v) is 1.95. The van der Waals surface area contributed by atoms with E-state index >= 15 is 0 Å². The van der Waals surface area contributed by atoms with Gasteiger partial charge in [-0.05, 0) is 13.0 Å². The second kappa shape index (κ2) is 5.70. The molecule has 1 N–H and O–H groups in total. The van der Waals surface area contributed by atoms with Gasteiger partial charge in [0.05, 0.1) is 6.54 Å². The molecule has 0 aromatic carbocycles. The van der Waals surface area contributed by atoms with Gasteiger partial charge in [0.15, 0.2) is 0 Å². The summed E-state index contributed by atoms with van der Waals surface area (Å²) in [7, 11) is 0. The number of imidazole rings is 1. The molecule has 0 bridgehead atoms. The van der Waals surface area contributed by atoms with Gasteiger partial charge in [-0.25, -0.2) is 4.98 Å². The van der Waals surface area contributed by atoms with Gasteiger partial charge < -0.3 is 5.32 Å². The molecule has 14 heavy (non-hydrogen) atoms. The molecule has 0 spiro atoms. The fraction of sp³-hybridized carbons (Fsp3) is 0.667. The second-order valence-electron chi connectivity index (χ2n) is 3.06. The highest BCUT2D eigenvalue weighted by Gasteiger charge is 2.09. The van der Waals surface area contributed by atoms with E-state index in [4.69, 9.17) is 0 Å². The maximum Gasteiger partial charge on any atom is 0.319 e. The Bertz CT molecular complexity index is 260. The quantitative estimate of drug-likeness (QED) is 0.718. The molecule has 1 aromatic heterocycles. The molecular formula is C9H15F2N3. The number of halogens is 2. The Morgan fingerprint density at radius 2 is 2.36 bits per heavy atom. The molecule has 0 aliphatic carbocycles. The standard InChI is InChI=1S/C9H15F2N3/c1-2-3-4-12-7-8-13-5-6-14(8)9(10)11/h5-6,9,12H,2-4,7H2,1H3. The molecule has 0 aliphatic heterocycles. The monoisotopic (exact) mass is 203 g/mol. The summed E-state index contributed by atoms with van der Waals surface area (Å²) < 4.78 is 25.5. The Morgan fingerprint density at radius 1 is 1.57 bits per heavy atom. The molecule has 0 aliphatic rings. The topological polar surface area (TPSA) is 29.9 Å². The van der Waals surface area contributed by atoms with Crippen molar-refractivity contribution in [2.24, 2.45) is 0 Å². The van der Waals surface area contributed by atoms with Crippen LogP contribution in [0.25, 0.3) is 0 Å². The third-order valence-electron chi connectivity index (χ3n) is 1.95. The first-order valence-electron chi connectivity index (χ1n) is 4.76. The molecule has 0 atom stereocenters. The zero-order valence-corrected chi connectivity index (χ0v) is 8.21. The molecule has 0 fully saturated rings. The first kappa shape index (κ1) is 11.1. The third kappa shape index (κ3) is 3.06. The minimum atomic E-state index is -2.50. The SMILES string of the molecule is CCCCNCc1nccn1C(F)F. The number of hydrogen-bond donors (Lipinski definition) is 1. The minimum absolute atomic E-state index is 0.385. The zero-order valence-electron chi connectivity index (χ0n) is 8.21. The first-order chi connectivity index (χ1) is 6.75. The van der Waals surface area contributed by atoms with Crippen LogP contribution in [-0.2, 0) is 6.54 Å². The Labute approximate surface area is 82.1 Å². The van der Waals surface area contributed by atoms with Crippen molar-refractivity contribution in [3.05, 3.63) is 18.2 Å². The van der Waals surface area contributed by atoms with Crippen molar-refractivity contribution in [1.29, 1.82) is 0 Å². The average Bonchev–Trinajstić information content (AvgIpc) is 2.60.